The minimum atomic E-state index is -0.694. The maximum Gasteiger partial charge on any atom is 0.290 e. The standard InChI is InChI=1S/C20H23N3O4S/c1-11(2)27-10-9-23-16(14-5-7-21-8-6-14)15(18(25)20(23)26)17(24)19-12(3)22-13(4)28-19/h5-8,11,16,25H,9-10H2,1-4H3. The molecule has 0 fully saturated rings. The number of hydrogen-bond donors (Lipinski definition) is 1. The number of rotatable bonds is 7. The number of ether oxygens (including phenoxy) is 1. The Kier molecular flexibility index (Phi) is 5.90. The molecule has 1 unspecified atom stereocenters. The van der Waals surface area contributed by atoms with Crippen LogP contribution in [-0.2, 0) is 9.53 Å². The molecule has 1 aliphatic rings. The predicted octanol–water partition coefficient (Wildman–Crippen LogP) is 3.16. The van der Waals surface area contributed by atoms with E-state index in [0.717, 1.165) is 5.01 Å². The van der Waals surface area contributed by atoms with Crippen molar-refractivity contribution < 1.29 is 19.4 Å². The molecule has 2 aromatic heterocycles. The minimum absolute atomic E-state index is 0.0163. The van der Waals surface area contributed by atoms with E-state index in [1.807, 2.05) is 20.8 Å². The molecule has 1 N–H and O–H groups in total. The molecule has 0 saturated heterocycles. The average Bonchev–Trinajstić information content (AvgIpc) is 3.12. The minimum Gasteiger partial charge on any atom is -0.503 e. The Hall–Kier alpha value is -2.58. The molecular weight excluding hydrogens is 378 g/mol. The maximum absolute atomic E-state index is 13.3. The number of ketones is 1. The van der Waals surface area contributed by atoms with E-state index in [2.05, 4.69) is 9.97 Å². The van der Waals surface area contributed by atoms with Gasteiger partial charge in [-0.3, -0.25) is 14.6 Å². The Morgan fingerprint density at radius 3 is 2.57 bits per heavy atom. The summed E-state index contributed by atoms with van der Waals surface area (Å²) in [5.74, 6) is -1.46. The zero-order valence-corrected chi connectivity index (χ0v) is 17.1. The Balaban J connectivity index is 2.01. The molecule has 28 heavy (non-hydrogen) atoms. The number of aryl methyl sites for hydroxylation is 2. The van der Waals surface area contributed by atoms with E-state index in [1.54, 1.807) is 31.5 Å². The fourth-order valence-corrected chi connectivity index (χ4v) is 4.13. The summed E-state index contributed by atoms with van der Waals surface area (Å²) in [6.45, 7) is 7.95. The summed E-state index contributed by atoms with van der Waals surface area (Å²) in [7, 11) is 0. The third-order valence-corrected chi connectivity index (χ3v) is 5.53. The smallest absolute Gasteiger partial charge is 0.290 e. The molecule has 0 aliphatic carbocycles. The van der Waals surface area contributed by atoms with Gasteiger partial charge in [0.15, 0.2) is 5.76 Å². The van der Waals surface area contributed by atoms with E-state index in [0.29, 0.717) is 22.7 Å². The number of Topliss-reactive ketones (excluding diaryl/α,β-unsaturated/α-hetero) is 1. The highest BCUT2D eigenvalue weighted by atomic mass is 32.1. The summed E-state index contributed by atoms with van der Waals surface area (Å²) in [5.41, 5.74) is 1.38. The van der Waals surface area contributed by atoms with E-state index in [1.165, 1.54) is 16.2 Å². The van der Waals surface area contributed by atoms with Crippen molar-refractivity contribution >= 4 is 23.0 Å². The second-order valence-corrected chi connectivity index (χ2v) is 8.04. The van der Waals surface area contributed by atoms with Gasteiger partial charge in [0.25, 0.3) is 5.91 Å². The number of aromatic nitrogens is 2. The fourth-order valence-electron chi connectivity index (χ4n) is 3.26. The normalized spacial score (nSPS) is 17.1. The van der Waals surface area contributed by atoms with Gasteiger partial charge < -0.3 is 14.7 Å². The molecule has 0 spiro atoms. The van der Waals surface area contributed by atoms with Gasteiger partial charge in [-0.05, 0) is 45.4 Å². The highest BCUT2D eigenvalue weighted by Gasteiger charge is 2.44. The van der Waals surface area contributed by atoms with E-state index in [9.17, 15) is 14.7 Å². The maximum atomic E-state index is 13.3. The van der Waals surface area contributed by atoms with Crippen LogP contribution in [-0.4, -0.2) is 50.9 Å². The van der Waals surface area contributed by atoms with Crippen molar-refractivity contribution in [2.75, 3.05) is 13.2 Å². The van der Waals surface area contributed by atoms with Crippen molar-refractivity contribution in [3.8, 4) is 0 Å². The van der Waals surface area contributed by atoms with E-state index >= 15 is 0 Å². The highest BCUT2D eigenvalue weighted by molar-refractivity contribution is 7.14. The summed E-state index contributed by atoms with van der Waals surface area (Å²) in [5, 5.41) is 11.4. The summed E-state index contributed by atoms with van der Waals surface area (Å²) in [6, 6.07) is 2.79. The quantitative estimate of drug-likeness (QED) is 0.717. The lowest BCUT2D eigenvalue weighted by atomic mass is 9.96. The molecule has 1 aliphatic heterocycles. The second-order valence-electron chi connectivity index (χ2n) is 6.84. The zero-order chi connectivity index (χ0) is 20.4. The summed E-state index contributed by atoms with van der Waals surface area (Å²) < 4.78 is 5.58. The Bertz CT molecular complexity index is 921. The Labute approximate surface area is 167 Å². The highest BCUT2D eigenvalue weighted by Crippen LogP contribution is 2.39. The fraction of sp³-hybridized carbons (Fsp3) is 0.400. The molecule has 1 amide bonds. The molecule has 0 radical (unpaired) electrons. The van der Waals surface area contributed by atoms with Crippen molar-refractivity contribution in [2.45, 2.75) is 39.8 Å². The van der Waals surface area contributed by atoms with Gasteiger partial charge in [0.05, 0.1) is 39.9 Å². The van der Waals surface area contributed by atoms with Crippen molar-refractivity contribution in [1.82, 2.24) is 14.9 Å². The topological polar surface area (TPSA) is 92.6 Å². The molecule has 2 aromatic rings. The van der Waals surface area contributed by atoms with Gasteiger partial charge in [0, 0.05) is 18.9 Å². The number of carbonyl (C=O) groups excluding carboxylic acids is 2. The summed E-state index contributed by atoms with van der Waals surface area (Å²) in [6.07, 6.45) is 3.21. The Morgan fingerprint density at radius 1 is 1.32 bits per heavy atom. The number of pyridine rings is 1. The molecule has 8 heteroatoms. The molecule has 0 saturated carbocycles. The third-order valence-electron chi connectivity index (χ3n) is 4.46. The average molecular weight is 401 g/mol. The lowest BCUT2D eigenvalue weighted by Crippen LogP contribution is -2.34. The number of carbonyl (C=O) groups is 2. The number of nitrogens with zero attached hydrogens (tertiary/aromatic N) is 3. The van der Waals surface area contributed by atoms with E-state index in [4.69, 9.17) is 4.74 Å². The van der Waals surface area contributed by atoms with Gasteiger partial charge in [-0.15, -0.1) is 11.3 Å². The third kappa shape index (κ3) is 3.83. The van der Waals surface area contributed by atoms with Gasteiger partial charge >= 0.3 is 0 Å². The van der Waals surface area contributed by atoms with Crippen LogP contribution in [0.1, 0.15) is 45.8 Å². The molecule has 3 heterocycles. The van der Waals surface area contributed by atoms with Gasteiger partial charge in [-0.2, -0.15) is 0 Å². The first-order chi connectivity index (χ1) is 13.3. The van der Waals surface area contributed by atoms with Gasteiger partial charge in [-0.1, -0.05) is 0 Å². The predicted molar refractivity (Wildman–Crippen MR) is 105 cm³/mol. The SMILES string of the molecule is Cc1nc(C)c(C(=O)C2=C(O)C(=O)N(CCOC(C)C)C2c2ccncc2)s1. The number of aliphatic hydroxyl groups is 1. The van der Waals surface area contributed by atoms with Gasteiger partial charge in [-0.25, -0.2) is 4.98 Å². The first-order valence-corrected chi connectivity index (χ1v) is 9.87. The molecular formula is C20H23N3O4S. The Morgan fingerprint density at radius 2 is 2.00 bits per heavy atom. The monoisotopic (exact) mass is 401 g/mol. The van der Waals surface area contributed by atoms with Crippen LogP contribution in [0.25, 0.3) is 0 Å². The van der Waals surface area contributed by atoms with Crippen molar-refractivity contribution in [3.63, 3.8) is 0 Å². The van der Waals surface area contributed by atoms with Crippen LogP contribution in [0.3, 0.4) is 0 Å². The molecule has 1 atom stereocenters. The van der Waals surface area contributed by atoms with E-state index < -0.39 is 17.7 Å². The summed E-state index contributed by atoms with van der Waals surface area (Å²) in [4.78, 5) is 36.3. The molecule has 3 rings (SSSR count). The van der Waals surface area contributed by atoms with Crippen LogP contribution in [0.4, 0.5) is 0 Å². The first kappa shape index (κ1) is 20.2. The molecule has 148 valence electrons. The first-order valence-electron chi connectivity index (χ1n) is 9.05. The van der Waals surface area contributed by atoms with Crippen LogP contribution in [0.2, 0.25) is 0 Å². The second kappa shape index (κ2) is 8.20. The molecule has 0 bridgehead atoms. The molecule has 0 aromatic carbocycles. The number of aliphatic hydroxyl groups excluding tert-OH is 1. The van der Waals surface area contributed by atoms with Crippen LogP contribution in [0.5, 0.6) is 0 Å². The van der Waals surface area contributed by atoms with Crippen LogP contribution in [0.15, 0.2) is 35.9 Å². The zero-order valence-electron chi connectivity index (χ0n) is 16.3. The van der Waals surface area contributed by atoms with Crippen LogP contribution in [0, 0.1) is 13.8 Å². The van der Waals surface area contributed by atoms with Crippen LogP contribution < -0.4 is 0 Å². The van der Waals surface area contributed by atoms with Crippen LogP contribution >= 0.6 is 11.3 Å². The van der Waals surface area contributed by atoms with Gasteiger partial charge in [0.1, 0.15) is 0 Å². The lowest BCUT2D eigenvalue weighted by molar-refractivity contribution is -0.130. The number of hydrogen-bond acceptors (Lipinski definition) is 7. The van der Waals surface area contributed by atoms with Gasteiger partial charge in [0.2, 0.25) is 5.78 Å². The van der Waals surface area contributed by atoms with Crippen molar-refractivity contribution in [3.05, 3.63) is 57.0 Å². The van der Waals surface area contributed by atoms with Crippen molar-refractivity contribution in [1.29, 1.82) is 0 Å². The molecule has 7 nitrogen and oxygen atoms in total. The van der Waals surface area contributed by atoms with Crippen molar-refractivity contribution in [2.24, 2.45) is 0 Å². The number of thiazole rings is 1. The summed E-state index contributed by atoms with van der Waals surface area (Å²) >= 11 is 1.26. The number of amides is 1. The van der Waals surface area contributed by atoms with E-state index in [-0.39, 0.29) is 24.0 Å². The lowest BCUT2D eigenvalue weighted by Gasteiger charge is -2.27. The largest absolute Gasteiger partial charge is 0.503 e.